The summed E-state index contributed by atoms with van der Waals surface area (Å²) in [4.78, 5) is 12.1. The van der Waals surface area contributed by atoms with Crippen LogP contribution in [0.5, 0.6) is 11.5 Å². The molecule has 0 radical (unpaired) electrons. The fourth-order valence-electron chi connectivity index (χ4n) is 2.57. The number of ether oxygens (including phenoxy) is 2. The average molecular weight is 356 g/mol. The van der Waals surface area contributed by atoms with Crippen molar-refractivity contribution in [2.75, 3.05) is 13.2 Å². The first-order valence-electron chi connectivity index (χ1n) is 9.31. The Labute approximate surface area is 155 Å². The first kappa shape index (κ1) is 20.0. The Bertz CT molecular complexity index is 647. The standard InChI is InChI=1S/C22H28O4/c1-18-8-12-21(13-9-18)26-22(24)19-10-14-20(15-11-19)25-17-7-5-3-2-4-6-16-23/h8-15,23H,2-7,16-17H2,1H3. The highest BCUT2D eigenvalue weighted by Crippen LogP contribution is 2.17. The number of carbonyl (C=O) groups excluding carboxylic acids is 1. The molecule has 4 heteroatoms. The Morgan fingerprint density at radius 2 is 1.38 bits per heavy atom. The minimum Gasteiger partial charge on any atom is -0.494 e. The van der Waals surface area contributed by atoms with Crippen LogP contribution in [0.2, 0.25) is 0 Å². The molecule has 140 valence electrons. The van der Waals surface area contributed by atoms with Crippen LogP contribution in [0.15, 0.2) is 48.5 Å². The molecule has 0 aliphatic carbocycles. The van der Waals surface area contributed by atoms with Crippen molar-refractivity contribution < 1.29 is 19.4 Å². The molecule has 0 aromatic heterocycles. The van der Waals surface area contributed by atoms with Gasteiger partial charge in [0.2, 0.25) is 0 Å². The highest BCUT2D eigenvalue weighted by atomic mass is 16.5. The van der Waals surface area contributed by atoms with Gasteiger partial charge in [-0.25, -0.2) is 4.79 Å². The number of esters is 1. The lowest BCUT2D eigenvalue weighted by molar-refractivity contribution is 0.0734. The number of rotatable bonds is 11. The van der Waals surface area contributed by atoms with Gasteiger partial charge in [-0.2, -0.15) is 0 Å². The van der Waals surface area contributed by atoms with Crippen LogP contribution in [0.3, 0.4) is 0 Å². The van der Waals surface area contributed by atoms with Crippen LogP contribution in [0.25, 0.3) is 0 Å². The number of unbranched alkanes of at least 4 members (excludes halogenated alkanes) is 5. The molecule has 0 bridgehead atoms. The fourth-order valence-corrected chi connectivity index (χ4v) is 2.57. The van der Waals surface area contributed by atoms with Crippen molar-refractivity contribution in [1.29, 1.82) is 0 Å². The van der Waals surface area contributed by atoms with Crippen molar-refractivity contribution in [3.05, 3.63) is 59.7 Å². The highest BCUT2D eigenvalue weighted by molar-refractivity contribution is 5.91. The summed E-state index contributed by atoms with van der Waals surface area (Å²) in [5, 5.41) is 8.72. The van der Waals surface area contributed by atoms with Gasteiger partial charge < -0.3 is 14.6 Å². The predicted molar refractivity (Wildman–Crippen MR) is 103 cm³/mol. The third kappa shape index (κ3) is 7.28. The molecular weight excluding hydrogens is 328 g/mol. The maximum absolute atomic E-state index is 12.1. The second kappa shape index (κ2) is 11.3. The molecule has 0 aliphatic heterocycles. The van der Waals surface area contributed by atoms with Crippen molar-refractivity contribution >= 4 is 5.97 Å². The number of carbonyl (C=O) groups is 1. The summed E-state index contributed by atoms with van der Waals surface area (Å²) in [6, 6.07) is 14.4. The minimum atomic E-state index is -0.372. The smallest absolute Gasteiger partial charge is 0.343 e. The summed E-state index contributed by atoms with van der Waals surface area (Å²) in [7, 11) is 0. The van der Waals surface area contributed by atoms with Crippen LogP contribution < -0.4 is 9.47 Å². The fraction of sp³-hybridized carbons (Fsp3) is 0.409. The molecule has 4 nitrogen and oxygen atoms in total. The maximum atomic E-state index is 12.1. The van der Waals surface area contributed by atoms with E-state index in [1.807, 2.05) is 19.1 Å². The van der Waals surface area contributed by atoms with E-state index in [1.165, 1.54) is 12.8 Å². The number of benzene rings is 2. The summed E-state index contributed by atoms with van der Waals surface area (Å²) in [5.74, 6) is 0.931. The first-order chi connectivity index (χ1) is 12.7. The van der Waals surface area contributed by atoms with Crippen LogP contribution in [0.4, 0.5) is 0 Å². The van der Waals surface area contributed by atoms with Gasteiger partial charge in [0.1, 0.15) is 11.5 Å². The molecule has 2 aromatic rings. The largest absolute Gasteiger partial charge is 0.494 e. The summed E-state index contributed by atoms with van der Waals surface area (Å²) in [5.41, 5.74) is 1.62. The summed E-state index contributed by atoms with van der Waals surface area (Å²) < 4.78 is 11.1. The first-order valence-corrected chi connectivity index (χ1v) is 9.31. The van der Waals surface area contributed by atoms with Gasteiger partial charge in [-0.15, -0.1) is 0 Å². The van der Waals surface area contributed by atoms with Crippen molar-refractivity contribution in [1.82, 2.24) is 0 Å². The van der Waals surface area contributed by atoms with Crippen LogP contribution in [0, 0.1) is 6.92 Å². The van der Waals surface area contributed by atoms with E-state index in [1.54, 1.807) is 36.4 Å². The topological polar surface area (TPSA) is 55.8 Å². The van der Waals surface area contributed by atoms with E-state index >= 15 is 0 Å². The van der Waals surface area contributed by atoms with E-state index in [0.717, 1.165) is 37.0 Å². The molecule has 0 saturated carbocycles. The highest BCUT2D eigenvalue weighted by Gasteiger charge is 2.08. The van der Waals surface area contributed by atoms with Gasteiger partial charge in [-0.3, -0.25) is 0 Å². The molecule has 0 saturated heterocycles. The number of aliphatic hydroxyl groups excluding tert-OH is 1. The Hall–Kier alpha value is -2.33. The molecule has 2 rings (SSSR count). The van der Waals surface area contributed by atoms with Crippen molar-refractivity contribution in [2.45, 2.75) is 45.4 Å². The van der Waals surface area contributed by atoms with Crippen LogP contribution in [0.1, 0.15) is 54.4 Å². The Balaban J connectivity index is 1.68. The van der Waals surface area contributed by atoms with Gasteiger partial charge in [0, 0.05) is 6.61 Å². The van der Waals surface area contributed by atoms with Gasteiger partial charge in [0.05, 0.1) is 12.2 Å². The number of aryl methyl sites for hydroxylation is 1. The van der Waals surface area contributed by atoms with Crippen LogP contribution in [-0.4, -0.2) is 24.3 Å². The number of aliphatic hydroxyl groups is 1. The van der Waals surface area contributed by atoms with Gasteiger partial charge in [0.15, 0.2) is 0 Å². The monoisotopic (exact) mass is 356 g/mol. The van der Waals surface area contributed by atoms with Crippen molar-refractivity contribution in [3.63, 3.8) is 0 Å². The Morgan fingerprint density at radius 1 is 0.808 bits per heavy atom. The molecule has 0 heterocycles. The SMILES string of the molecule is Cc1ccc(OC(=O)c2ccc(OCCCCCCCCO)cc2)cc1. The zero-order chi connectivity index (χ0) is 18.6. The summed E-state index contributed by atoms with van der Waals surface area (Å²) >= 11 is 0. The van der Waals surface area contributed by atoms with E-state index < -0.39 is 0 Å². The number of hydrogen-bond acceptors (Lipinski definition) is 4. The predicted octanol–water partition coefficient (Wildman–Crippen LogP) is 4.93. The van der Waals surface area contributed by atoms with Gasteiger partial charge in [-0.1, -0.05) is 43.4 Å². The molecule has 0 atom stereocenters. The molecule has 26 heavy (non-hydrogen) atoms. The summed E-state index contributed by atoms with van der Waals surface area (Å²) in [6.45, 7) is 2.95. The lowest BCUT2D eigenvalue weighted by Crippen LogP contribution is -2.08. The molecule has 0 amide bonds. The van der Waals surface area contributed by atoms with Crippen LogP contribution >= 0.6 is 0 Å². The molecule has 0 spiro atoms. The van der Waals surface area contributed by atoms with Crippen molar-refractivity contribution in [2.24, 2.45) is 0 Å². The normalized spacial score (nSPS) is 10.5. The zero-order valence-corrected chi connectivity index (χ0v) is 15.4. The molecule has 1 N–H and O–H groups in total. The quantitative estimate of drug-likeness (QED) is 0.352. The lowest BCUT2D eigenvalue weighted by atomic mass is 10.1. The average Bonchev–Trinajstić information content (AvgIpc) is 2.66. The molecule has 0 aliphatic rings. The van der Waals surface area contributed by atoms with E-state index in [4.69, 9.17) is 14.6 Å². The van der Waals surface area contributed by atoms with E-state index in [0.29, 0.717) is 17.9 Å². The third-order valence-corrected chi connectivity index (χ3v) is 4.14. The van der Waals surface area contributed by atoms with E-state index in [9.17, 15) is 4.79 Å². The number of hydrogen-bond donors (Lipinski definition) is 1. The maximum Gasteiger partial charge on any atom is 0.343 e. The second-order valence-electron chi connectivity index (χ2n) is 6.42. The Morgan fingerprint density at radius 3 is 2.04 bits per heavy atom. The molecule has 0 unspecified atom stereocenters. The Kier molecular flexibility index (Phi) is 8.70. The molecule has 0 fully saturated rings. The molecule has 2 aromatic carbocycles. The van der Waals surface area contributed by atoms with Crippen molar-refractivity contribution in [3.8, 4) is 11.5 Å². The van der Waals surface area contributed by atoms with Gasteiger partial charge >= 0.3 is 5.97 Å². The molecular formula is C22H28O4. The van der Waals surface area contributed by atoms with E-state index in [-0.39, 0.29) is 12.6 Å². The lowest BCUT2D eigenvalue weighted by Gasteiger charge is -2.08. The summed E-state index contributed by atoms with van der Waals surface area (Å²) in [6.07, 6.45) is 6.47. The third-order valence-electron chi connectivity index (χ3n) is 4.14. The van der Waals surface area contributed by atoms with Gasteiger partial charge in [-0.05, 0) is 56.2 Å². The van der Waals surface area contributed by atoms with E-state index in [2.05, 4.69) is 0 Å². The van der Waals surface area contributed by atoms with Crippen LogP contribution in [-0.2, 0) is 0 Å². The van der Waals surface area contributed by atoms with Gasteiger partial charge in [0.25, 0.3) is 0 Å². The minimum absolute atomic E-state index is 0.289. The second-order valence-corrected chi connectivity index (χ2v) is 6.42. The zero-order valence-electron chi connectivity index (χ0n) is 15.4.